The Balaban J connectivity index is 1.29. The largest absolute Gasteiger partial charge is 0.362 e. The summed E-state index contributed by atoms with van der Waals surface area (Å²) in [6.07, 6.45) is 8.66. The number of benzene rings is 1. The summed E-state index contributed by atoms with van der Waals surface area (Å²) in [5.41, 5.74) is 3.31. The zero-order valence-electron chi connectivity index (χ0n) is 18.2. The molecule has 0 atom stereocenters. The van der Waals surface area contributed by atoms with Crippen molar-refractivity contribution in [3.63, 3.8) is 0 Å². The van der Waals surface area contributed by atoms with E-state index >= 15 is 0 Å². The van der Waals surface area contributed by atoms with Crippen molar-refractivity contribution in [3.05, 3.63) is 41.3 Å². The number of halogens is 1. The van der Waals surface area contributed by atoms with Crippen molar-refractivity contribution >= 4 is 34.8 Å². The Morgan fingerprint density at radius 2 is 1.68 bits per heavy atom. The standard InChI is InChI=1S/C23H31FN6S/c1-30(2)21-19-5-3-4-6-20(19)28-22(29-21)25-16-11-13-18(14-12-16)27-23(31)26-17-9-7-15(24)8-10-17/h7-10,16,18H,3-6,11-14H2,1-2H3,(H,25,28,29)(H2,26,27,31)/t16-,18+. The number of hydrogen-bond donors (Lipinski definition) is 3. The molecule has 2 aliphatic carbocycles. The number of aromatic nitrogens is 2. The molecule has 0 spiro atoms. The first kappa shape index (κ1) is 21.7. The van der Waals surface area contributed by atoms with Crippen LogP contribution in [0.2, 0.25) is 0 Å². The lowest BCUT2D eigenvalue weighted by Gasteiger charge is -2.31. The fourth-order valence-electron chi connectivity index (χ4n) is 4.46. The summed E-state index contributed by atoms with van der Waals surface area (Å²) in [5, 5.41) is 10.7. The zero-order chi connectivity index (χ0) is 21.8. The molecular formula is C23H31FN6S. The van der Waals surface area contributed by atoms with E-state index in [0.29, 0.717) is 17.2 Å². The van der Waals surface area contributed by atoms with Gasteiger partial charge >= 0.3 is 0 Å². The van der Waals surface area contributed by atoms with Gasteiger partial charge in [-0.3, -0.25) is 0 Å². The molecule has 1 aromatic carbocycles. The Bertz CT molecular complexity index is 909. The minimum Gasteiger partial charge on any atom is -0.362 e. The van der Waals surface area contributed by atoms with Crippen LogP contribution in [0.25, 0.3) is 0 Å². The van der Waals surface area contributed by atoms with Gasteiger partial charge in [0.25, 0.3) is 0 Å². The van der Waals surface area contributed by atoms with Gasteiger partial charge in [0.05, 0.1) is 5.69 Å². The molecule has 0 unspecified atom stereocenters. The predicted octanol–water partition coefficient (Wildman–Crippen LogP) is 4.27. The molecule has 0 amide bonds. The minimum atomic E-state index is -0.254. The number of nitrogens with zero attached hydrogens (tertiary/aromatic N) is 3. The molecule has 0 saturated heterocycles. The molecule has 1 aromatic heterocycles. The number of anilines is 3. The van der Waals surface area contributed by atoms with Crippen molar-refractivity contribution in [2.24, 2.45) is 0 Å². The van der Waals surface area contributed by atoms with E-state index < -0.39 is 0 Å². The van der Waals surface area contributed by atoms with Crippen LogP contribution in [0, 0.1) is 5.82 Å². The molecular weight excluding hydrogens is 411 g/mol. The van der Waals surface area contributed by atoms with Crippen molar-refractivity contribution in [1.29, 1.82) is 0 Å². The highest BCUT2D eigenvalue weighted by Gasteiger charge is 2.24. The van der Waals surface area contributed by atoms with Crippen LogP contribution in [0.4, 0.5) is 21.8 Å². The Labute approximate surface area is 189 Å². The van der Waals surface area contributed by atoms with E-state index in [-0.39, 0.29) is 5.82 Å². The summed E-state index contributed by atoms with van der Waals surface area (Å²) >= 11 is 5.42. The van der Waals surface area contributed by atoms with Crippen molar-refractivity contribution in [2.45, 2.75) is 63.5 Å². The van der Waals surface area contributed by atoms with Gasteiger partial charge in [-0.1, -0.05) is 0 Å². The van der Waals surface area contributed by atoms with Crippen LogP contribution in [0.5, 0.6) is 0 Å². The molecule has 6 nitrogen and oxygen atoms in total. The summed E-state index contributed by atoms with van der Waals surface area (Å²) < 4.78 is 13.0. The first-order valence-corrected chi connectivity index (χ1v) is 11.6. The van der Waals surface area contributed by atoms with Gasteiger partial charge in [-0.25, -0.2) is 9.37 Å². The maximum Gasteiger partial charge on any atom is 0.225 e. The van der Waals surface area contributed by atoms with Gasteiger partial charge in [0, 0.05) is 37.4 Å². The first-order valence-electron chi connectivity index (χ1n) is 11.1. The highest BCUT2D eigenvalue weighted by molar-refractivity contribution is 7.80. The average molecular weight is 443 g/mol. The van der Waals surface area contributed by atoms with E-state index in [2.05, 4.69) is 34.9 Å². The lowest BCUT2D eigenvalue weighted by molar-refractivity contribution is 0.387. The summed E-state index contributed by atoms with van der Waals surface area (Å²) in [6, 6.07) is 6.92. The second kappa shape index (κ2) is 9.77. The van der Waals surface area contributed by atoms with Crippen molar-refractivity contribution < 1.29 is 4.39 Å². The van der Waals surface area contributed by atoms with Crippen LogP contribution >= 0.6 is 12.2 Å². The summed E-state index contributed by atoms with van der Waals surface area (Å²) in [5.74, 6) is 1.56. The first-order chi connectivity index (χ1) is 15.0. The second-order valence-corrected chi connectivity index (χ2v) is 9.10. The molecule has 1 saturated carbocycles. The van der Waals surface area contributed by atoms with Gasteiger partial charge in [0.2, 0.25) is 5.95 Å². The molecule has 0 radical (unpaired) electrons. The Hall–Kier alpha value is -2.48. The van der Waals surface area contributed by atoms with Crippen LogP contribution in [-0.2, 0) is 12.8 Å². The van der Waals surface area contributed by atoms with E-state index in [1.54, 1.807) is 12.1 Å². The topological polar surface area (TPSA) is 65.1 Å². The van der Waals surface area contributed by atoms with Crippen molar-refractivity contribution in [1.82, 2.24) is 15.3 Å². The smallest absolute Gasteiger partial charge is 0.225 e. The summed E-state index contributed by atoms with van der Waals surface area (Å²) in [6.45, 7) is 0. The lowest BCUT2D eigenvalue weighted by atomic mass is 9.91. The average Bonchev–Trinajstić information content (AvgIpc) is 2.76. The van der Waals surface area contributed by atoms with Crippen LogP contribution in [-0.4, -0.2) is 41.3 Å². The highest BCUT2D eigenvalue weighted by Crippen LogP contribution is 2.29. The second-order valence-electron chi connectivity index (χ2n) is 8.70. The normalized spacial score (nSPS) is 20.5. The quantitative estimate of drug-likeness (QED) is 0.598. The molecule has 4 rings (SSSR count). The lowest BCUT2D eigenvalue weighted by Crippen LogP contribution is -2.42. The molecule has 166 valence electrons. The third-order valence-corrected chi connectivity index (χ3v) is 6.30. The Morgan fingerprint density at radius 3 is 2.39 bits per heavy atom. The Kier molecular flexibility index (Phi) is 6.85. The van der Waals surface area contributed by atoms with Crippen LogP contribution in [0.1, 0.15) is 49.8 Å². The van der Waals surface area contributed by atoms with E-state index in [1.807, 2.05) is 0 Å². The number of nitrogens with one attached hydrogen (secondary N) is 3. The SMILES string of the molecule is CN(C)c1nc(N[C@H]2CC[C@@H](NC(=S)Nc3ccc(F)cc3)CC2)nc2c1CCCC2. The number of aryl methyl sites for hydroxylation is 1. The molecule has 0 aliphatic heterocycles. The maximum absolute atomic E-state index is 13.0. The molecule has 2 aliphatic rings. The fraction of sp³-hybridized carbons (Fsp3) is 0.522. The van der Waals surface area contributed by atoms with Gasteiger partial charge in [-0.05, 0) is 87.8 Å². The third kappa shape index (κ3) is 5.61. The van der Waals surface area contributed by atoms with Crippen molar-refractivity contribution in [2.75, 3.05) is 29.6 Å². The van der Waals surface area contributed by atoms with Gasteiger partial charge < -0.3 is 20.9 Å². The van der Waals surface area contributed by atoms with E-state index in [9.17, 15) is 4.39 Å². The van der Waals surface area contributed by atoms with Crippen LogP contribution in [0.3, 0.4) is 0 Å². The molecule has 0 bridgehead atoms. The minimum absolute atomic E-state index is 0.254. The predicted molar refractivity (Wildman–Crippen MR) is 128 cm³/mol. The highest BCUT2D eigenvalue weighted by atomic mass is 32.1. The van der Waals surface area contributed by atoms with Gasteiger partial charge in [-0.15, -0.1) is 0 Å². The molecule has 8 heteroatoms. The molecule has 1 fully saturated rings. The van der Waals surface area contributed by atoms with Gasteiger partial charge in [0.1, 0.15) is 11.6 Å². The maximum atomic E-state index is 13.0. The molecule has 3 N–H and O–H groups in total. The van der Waals surface area contributed by atoms with Gasteiger partial charge in [-0.2, -0.15) is 4.98 Å². The monoisotopic (exact) mass is 442 g/mol. The van der Waals surface area contributed by atoms with Crippen LogP contribution < -0.4 is 20.9 Å². The fourth-order valence-corrected chi connectivity index (χ4v) is 4.74. The zero-order valence-corrected chi connectivity index (χ0v) is 19.1. The van der Waals surface area contributed by atoms with Crippen molar-refractivity contribution in [3.8, 4) is 0 Å². The molecule has 31 heavy (non-hydrogen) atoms. The number of fused-ring (bicyclic) bond motifs is 1. The number of hydrogen-bond acceptors (Lipinski definition) is 5. The molecule has 1 heterocycles. The van der Waals surface area contributed by atoms with E-state index in [1.165, 1.54) is 36.2 Å². The summed E-state index contributed by atoms with van der Waals surface area (Å²) in [7, 11) is 4.11. The summed E-state index contributed by atoms with van der Waals surface area (Å²) in [4.78, 5) is 11.8. The Morgan fingerprint density at radius 1 is 1.00 bits per heavy atom. The van der Waals surface area contributed by atoms with E-state index in [4.69, 9.17) is 22.2 Å². The number of rotatable bonds is 5. The van der Waals surface area contributed by atoms with Crippen LogP contribution in [0.15, 0.2) is 24.3 Å². The third-order valence-electron chi connectivity index (χ3n) is 6.08. The van der Waals surface area contributed by atoms with E-state index in [0.717, 1.165) is 56.0 Å². The van der Waals surface area contributed by atoms with Gasteiger partial charge in [0.15, 0.2) is 5.11 Å². The number of thiocarbonyl (C=S) groups is 1. The molecule has 2 aromatic rings.